The standard InChI is InChI=1S/C17H21BrN2O5/c1-25-17(24)14(10-21)19-15(22)11-6-8-20(9-7-11)16(23)12-2-4-13(18)5-3-12/h2-5,11,14,21H,6-10H2,1H3,(H,19,22)/t14-/m0/s1. The van der Waals surface area contributed by atoms with Gasteiger partial charge in [0.1, 0.15) is 0 Å². The van der Waals surface area contributed by atoms with E-state index in [9.17, 15) is 14.4 Å². The molecular weight excluding hydrogens is 392 g/mol. The highest BCUT2D eigenvalue weighted by Crippen LogP contribution is 2.20. The molecule has 0 aromatic heterocycles. The van der Waals surface area contributed by atoms with Crippen molar-refractivity contribution in [3.63, 3.8) is 0 Å². The van der Waals surface area contributed by atoms with Crippen LogP contribution in [-0.4, -0.2) is 60.6 Å². The summed E-state index contributed by atoms with van der Waals surface area (Å²) in [5.41, 5.74) is 0.608. The highest BCUT2D eigenvalue weighted by Gasteiger charge is 2.30. The van der Waals surface area contributed by atoms with E-state index >= 15 is 0 Å². The number of halogens is 1. The molecule has 1 saturated heterocycles. The van der Waals surface area contributed by atoms with Crippen LogP contribution in [0.1, 0.15) is 23.2 Å². The van der Waals surface area contributed by atoms with Crippen LogP contribution in [0.25, 0.3) is 0 Å². The third kappa shape index (κ3) is 5.02. The third-order valence-electron chi connectivity index (χ3n) is 4.23. The Bertz CT molecular complexity index is 626. The monoisotopic (exact) mass is 412 g/mol. The van der Waals surface area contributed by atoms with Crippen LogP contribution in [0.15, 0.2) is 28.7 Å². The predicted octanol–water partition coefficient (Wildman–Crippen LogP) is 0.951. The average molecular weight is 413 g/mol. The maximum absolute atomic E-state index is 12.5. The average Bonchev–Trinajstić information content (AvgIpc) is 2.65. The summed E-state index contributed by atoms with van der Waals surface area (Å²) in [4.78, 5) is 37.8. The van der Waals surface area contributed by atoms with E-state index in [0.29, 0.717) is 31.5 Å². The Labute approximate surface area is 154 Å². The Morgan fingerprint density at radius 3 is 2.40 bits per heavy atom. The van der Waals surface area contributed by atoms with Crippen molar-refractivity contribution in [2.75, 3.05) is 26.8 Å². The fraction of sp³-hybridized carbons (Fsp3) is 0.471. The molecule has 0 aliphatic carbocycles. The molecule has 0 saturated carbocycles. The molecule has 1 aromatic rings. The van der Waals surface area contributed by atoms with Crippen molar-refractivity contribution < 1.29 is 24.2 Å². The largest absolute Gasteiger partial charge is 0.467 e. The van der Waals surface area contributed by atoms with Crippen molar-refractivity contribution in [2.24, 2.45) is 5.92 Å². The lowest BCUT2D eigenvalue weighted by atomic mass is 9.95. The number of hydrogen-bond acceptors (Lipinski definition) is 5. The summed E-state index contributed by atoms with van der Waals surface area (Å²) < 4.78 is 5.43. The minimum atomic E-state index is -1.06. The molecular formula is C17H21BrN2O5. The Kier molecular flexibility index (Phi) is 6.95. The van der Waals surface area contributed by atoms with E-state index in [-0.39, 0.29) is 17.7 Å². The van der Waals surface area contributed by atoms with Crippen molar-refractivity contribution in [1.29, 1.82) is 0 Å². The normalized spacial score (nSPS) is 16.2. The molecule has 0 radical (unpaired) electrons. The van der Waals surface area contributed by atoms with E-state index in [4.69, 9.17) is 5.11 Å². The highest BCUT2D eigenvalue weighted by atomic mass is 79.9. The first-order valence-corrected chi connectivity index (χ1v) is 8.79. The van der Waals surface area contributed by atoms with Gasteiger partial charge in [0, 0.05) is 29.0 Å². The number of rotatable bonds is 5. The van der Waals surface area contributed by atoms with Crippen molar-refractivity contribution in [3.8, 4) is 0 Å². The third-order valence-corrected chi connectivity index (χ3v) is 4.76. The van der Waals surface area contributed by atoms with E-state index in [1.165, 1.54) is 7.11 Å². The molecule has 1 heterocycles. The molecule has 1 aliphatic heterocycles. The molecule has 2 amide bonds. The molecule has 0 bridgehead atoms. The molecule has 1 aromatic carbocycles. The smallest absolute Gasteiger partial charge is 0.330 e. The van der Waals surface area contributed by atoms with Gasteiger partial charge in [-0.25, -0.2) is 4.79 Å². The van der Waals surface area contributed by atoms with E-state index in [2.05, 4.69) is 26.0 Å². The number of amides is 2. The topological polar surface area (TPSA) is 95.9 Å². The maximum Gasteiger partial charge on any atom is 0.330 e. The summed E-state index contributed by atoms with van der Waals surface area (Å²) in [5.74, 6) is -1.35. The molecule has 1 atom stereocenters. The van der Waals surface area contributed by atoms with Crippen LogP contribution >= 0.6 is 15.9 Å². The fourth-order valence-electron chi connectivity index (χ4n) is 2.73. The van der Waals surface area contributed by atoms with E-state index in [1.807, 2.05) is 12.1 Å². The number of methoxy groups -OCH3 is 1. The molecule has 2 N–H and O–H groups in total. The van der Waals surface area contributed by atoms with Crippen LogP contribution in [-0.2, 0) is 14.3 Å². The van der Waals surface area contributed by atoms with Gasteiger partial charge >= 0.3 is 5.97 Å². The van der Waals surface area contributed by atoms with E-state index in [0.717, 1.165) is 4.47 Å². The van der Waals surface area contributed by atoms with Gasteiger partial charge < -0.3 is 20.1 Å². The lowest BCUT2D eigenvalue weighted by molar-refractivity contribution is -0.146. The summed E-state index contributed by atoms with van der Waals surface area (Å²) in [6.07, 6.45) is 1.01. The Morgan fingerprint density at radius 1 is 1.28 bits per heavy atom. The fourth-order valence-corrected chi connectivity index (χ4v) is 3.00. The second kappa shape index (κ2) is 8.96. The first-order chi connectivity index (χ1) is 12.0. The van der Waals surface area contributed by atoms with Gasteiger partial charge in [-0.05, 0) is 37.1 Å². The number of aliphatic hydroxyl groups excluding tert-OH is 1. The summed E-state index contributed by atoms with van der Waals surface area (Å²) in [6.45, 7) is 0.420. The maximum atomic E-state index is 12.5. The Hall–Kier alpha value is -1.93. The molecule has 8 heteroatoms. The number of ether oxygens (including phenoxy) is 1. The molecule has 1 fully saturated rings. The zero-order valence-electron chi connectivity index (χ0n) is 13.9. The molecule has 1 aliphatic rings. The van der Waals surface area contributed by atoms with Crippen LogP contribution in [0.5, 0.6) is 0 Å². The van der Waals surface area contributed by atoms with E-state index < -0.39 is 18.6 Å². The number of carbonyl (C=O) groups is 3. The molecule has 136 valence electrons. The minimum absolute atomic E-state index is 0.0610. The van der Waals surface area contributed by atoms with Gasteiger partial charge in [-0.15, -0.1) is 0 Å². The number of benzene rings is 1. The number of nitrogens with one attached hydrogen (secondary N) is 1. The molecule has 2 rings (SSSR count). The van der Waals surface area contributed by atoms with Gasteiger partial charge in [-0.2, -0.15) is 0 Å². The molecule has 0 unspecified atom stereocenters. The van der Waals surface area contributed by atoms with E-state index in [1.54, 1.807) is 17.0 Å². The predicted molar refractivity (Wildman–Crippen MR) is 93.8 cm³/mol. The zero-order valence-corrected chi connectivity index (χ0v) is 15.5. The van der Waals surface area contributed by atoms with Crippen LogP contribution in [0.2, 0.25) is 0 Å². The van der Waals surface area contributed by atoms with Gasteiger partial charge in [0.05, 0.1) is 13.7 Å². The number of aliphatic hydroxyl groups is 1. The number of nitrogens with zero attached hydrogens (tertiary/aromatic N) is 1. The van der Waals surface area contributed by atoms with Crippen molar-refractivity contribution in [2.45, 2.75) is 18.9 Å². The van der Waals surface area contributed by atoms with Crippen molar-refractivity contribution in [1.82, 2.24) is 10.2 Å². The van der Waals surface area contributed by atoms with Gasteiger partial charge in [0.25, 0.3) is 5.91 Å². The van der Waals surface area contributed by atoms with Gasteiger partial charge in [-0.1, -0.05) is 15.9 Å². The van der Waals surface area contributed by atoms with Gasteiger partial charge in [0.2, 0.25) is 5.91 Å². The molecule has 0 spiro atoms. The number of piperidine rings is 1. The van der Waals surface area contributed by atoms with Crippen LogP contribution < -0.4 is 5.32 Å². The van der Waals surface area contributed by atoms with Gasteiger partial charge in [-0.3, -0.25) is 9.59 Å². The minimum Gasteiger partial charge on any atom is -0.467 e. The number of likely N-dealkylation sites (tertiary alicyclic amines) is 1. The van der Waals surface area contributed by atoms with Crippen molar-refractivity contribution >= 4 is 33.7 Å². The number of hydrogen-bond donors (Lipinski definition) is 2. The first-order valence-electron chi connectivity index (χ1n) is 8.00. The second-order valence-electron chi connectivity index (χ2n) is 5.84. The zero-order chi connectivity index (χ0) is 18.4. The molecule has 25 heavy (non-hydrogen) atoms. The molecule has 7 nitrogen and oxygen atoms in total. The summed E-state index contributed by atoms with van der Waals surface area (Å²) in [5, 5.41) is 11.7. The van der Waals surface area contributed by atoms with Crippen LogP contribution in [0.3, 0.4) is 0 Å². The lowest BCUT2D eigenvalue weighted by Gasteiger charge is -2.32. The van der Waals surface area contributed by atoms with Crippen LogP contribution in [0, 0.1) is 5.92 Å². The summed E-state index contributed by atoms with van der Waals surface area (Å²) in [6, 6.07) is 6.09. The second-order valence-corrected chi connectivity index (χ2v) is 6.76. The highest BCUT2D eigenvalue weighted by molar-refractivity contribution is 9.10. The van der Waals surface area contributed by atoms with Gasteiger partial charge in [0.15, 0.2) is 6.04 Å². The first kappa shape index (κ1) is 19.4. The van der Waals surface area contributed by atoms with Crippen LogP contribution in [0.4, 0.5) is 0 Å². The summed E-state index contributed by atoms with van der Waals surface area (Å²) in [7, 11) is 1.20. The number of esters is 1. The SMILES string of the molecule is COC(=O)[C@H](CO)NC(=O)C1CCN(C(=O)c2ccc(Br)cc2)CC1. The lowest BCUT2D eigenvalue weighted by Crippen LogP contribution is -2.49. The number of carbonyl (C=O) groups excluding carboxylic acids is 3. The van der Waals surface area contributed by atoms with Crippen molar-refractivity contribution in [3.05, 3.63) is 34.3 Å². The quantitative estimate of drug-likeness (QED) is 0.701. The summed E-state index contributed by atoms with van der Waals surface area (Å²) >= 11 is 3.34. The Morgan fingerprint density at radius 2 is 1.88 bits per heavy atom. The Balaban J connectivity index is 1.88.